The molecule has 1 unspecified atom stereocenters. The van der Waals surface area contributed by atoms with Crippen molar-refractivity contribution in [3.63, 3.8) is 0 Å². The molecule has 6 aromatic rings. The Hall–Kier alpha value is -5.99. The molecule has 0 bridgehead atoms. The maximum absolute atomic E-state index is 15.4. The molecular weight excluding hydrogens is 819 g/mol. The van der Waals surface area contributed by atoms with Crippen molar-refractivity contribution in [2.24, 2.45) is 5.92 Å². The number of carbonyl (C=O) groups is 1. The third kappa shape index (κ3) is 7.00. The first kappa shape index (κ1) is 39.5. The van der Waals surface area contributed by atoms with Gasteiger partial charge in [0.25, 0.3) is 17.9 Å². The summed E-state index contributed by atoms with van der Waals surface area (Å²) in [5, 5.41) is 6.46. The fourth-order valence-corrected chi connectivity index (χ4v) is 9.55. The smallest absolute Gasteiger partial charge is 0.293 e. The van der Waals surface area contributed by atoms with Crippen LogP contribution >= 0.6 is 0 Å². The van der Waals surface area contributed by atoms with Crippen molar-refractivity contribution in [3.8, 4) is 16.8 Å². The van der Waals surface area contributed by atoms with Crippen LogP contribution in [0, 0.1) is 17.6 Å². The first-order valence-electron chi connectivity index (χ1n) is 18.7. The molecule has 3 aromatic carbocycles. The minimum Gasteiger partial charge on any atom is -0.379 e. The molecule has 20 heteroatoms. The number of fused-ring (bicyclic) bond motifs is 4. The number of carbonyl (C=O) groups excluding carboxylic acids is 1. The number of nitrogens with one attached hydrogen (secondary N) is 1. The van der Waals surface area contributed by atoms with E-state index in [2.05, 4.69) is 20.4 Å². The van der Waals surface area contributed by atoms with Crippen LogP contribution in [0.1, 0.15) is 53.1 Å². The molecular formula is C40H32F6N8O5S. The molecule has 1 saturated carbocycles. The lowest BCUT2D eigenvalue weighted by molar-refractivity contribution is -0.123. The Bertz CT molecular complexity index is 2820. The van der Waals surface area contributed by atoms with Crippen LogP contribution in [0.25, 0.3) is 27.7 Å². The number of sulfonamides is 1. The van der Waals surface area contributed by atoms with Gasteiger partial charge in [0.1, 0.15) is 41.7 Å². The molecule has 0 radical (unpaired) electrons. The Morgan fingerprint density at radius 2 is 1.65 bits per heavy atom. The van der Waals surface area contributed by atoms with Gasteiger partial charge in [0.15, 0.2) is 0 Å². The Labute approximate surface area is 336 Å². The van der Waals surface area contributed by atoms with E-state index in [9.17, 15) is 35.6 Å². The van der Waals surface area contributed by atoms with Crippen LogP contribution in [0.15, 0.2) is 89.1 Å². The van der Waals surface area contributed by atoms with Gasteiger partial charge in [0.05, 0.1) is 40.7 Å². The van der Waals surface area contributed by atoms with Crippen LogP contribution in [0.3, 0.4) is 0 Å². The predicted octanol–water partition coefficient (Wildman–Crippen LogP) is 5.59. The van der Waals surface area contributed by atoms with Crippen molar-refractivity contribution in [2.75, 3.05) is 26.3 Å². The minimum absolute atomic E-state index is 0.00702. The average molecular weight is 851 g/mol. The standard InChI is InChI=1S/C40H32F6N8O5S/c41-24-11-21(12-25(42)15-24)13-32(49-33(55)19-53-36-34(35(51-53)37(43)44)29-16-30(29)40(36,45)46)38-50-31-14-22(23-17-47-20-48-18-23)1-6-28(31)39(56)54(38)26-2-4-27(5-3-26)60(57,58)52-7-9-59-10-8-52/h1-6,11-12,14-15,17-18,20,29-30,32,37H,7-10,13,16,19H2,(H,49,55)/t29-,30?,32+/m1/s1. The summed E-state index contributed by atoms with van der Waals surface area (Å²) in [6.07, 6.45) is 0.788. The molecule has 4 heterocycles. The van der Waals surface area contributed by atoms with Gasteiger partial charge in [-0.2, -0.15) is 18.2 Å². The molecule has 3 aliphatic rings. The van der Waals surface area contributed by atoms with E-state index in [0.717, 1.165) is 16.7 Å². The predicted molar refractivity (Wildman–Crippen MR) is 201 cm³/mol. The maximum Gasteiger partial charge on any atom is 0.293 e. The molecule has 3 aromatic heterocycles. The molecule has 60 heavy (non-hydrogen) atoms. The fourth-order valence-electron chi connectivity index (χ4n) is 8.14. The van der Waals surface area contributed by atoms with Crippen LogP contribution in [0.5, 0.6) is 0 Å². The van der Waals surface area contributed by atoms with Crippen molar-refractivity contribution in [3.05, 3.63) is 130 Å². The molecule has 2 fully saturated rings. The van der Waals surface area contributed by atoms with E-state index < -0.39 is 87.7 Å². The zero-order valence-corrected chi connectivity index (χ0v) is 31.9. The number of hydrogen-bond donors (Lipinski definition) is 1. The average Bonchev–Trinajstić information content (AvgIpc) is 3.89. The monoisotopic (exact) mass is 850 g/mol. The number of morpholine rings is 1. The second-order valence-corrected chi connectivity index (χ2v) is 16.7. The van der Waals surface area contributed by atoms with Gasteiger partial charge in [-0.05, 0) is 72.0 Å². The summed E-state index contributed by atoms with van der Waals surface area (Å²) in [6.45, 7) is -0.280. The molecule has 310 valence electrons. The van der Waals surface area contributed by atoms with Crippen molar-refractivity contribution >= 4 is 26.8 Å². The fraction of sp³-hybridized carbons (Fsp3) is 0.300. The highest BCUT2D eigenvalue weighted by Gasteiger charge is 2.67. The molecule has 1 saturated heterocycles. The zero-order valence-electron chi connectivity index (χ0n) is 31.1. The molecule has 13 nitrogen and oxygen atoms in total. The SMILES string of the molecule is O=C(Cn1nc(C(F)F)c2c1C(F)(F)C1C[C@@H]21)N[C@@H](Cc1cc(F)cc(F)c1)c1nc2cc(-c3cncnc3)ccc2c(=O)n1-c1ccc(S(=O)(=O)N2CCOCC2)cc1. The van der Waals surface area contributed by atoms with Gasteiger partial charge in [0, 0.05) is 55.0 Å². The van der Waals surface area contributed by atoms with Gasteiger partial charge in [-0.25, -0.2) is 40.9 Å². The Balaban J connectivity index is 1.17. The van der Waals surface area contributed by atoms with Crippen molar-refractivity contribution in [2.45, 2.75) is 48.6 Å². The third-order valence-corrected chi connectivity index (χ3v) is 12.9. The van der Waals surface area contributed by atoms with Gasteiger partial charge in [-0.3, -0.25) is 18.8 Å². The number of alkyl halides is 4. The summed E-state index contributed by atoms with van der Waals surface area (Å²) in [6, 6.07) is 11.2. The Morgan fingerprint density at radius 3 is 2.33 bits per heavy atom. The van der Waals surface area contributed by atoms with Crippen molar-refractivity contribution < 1.29 is 44.3 Å². The van der Waals surface area contributed by atoms with Crippen LogP contribution in [-0.2, 0) is 38.4 Å². The lowest BCUT2D eigenvalue weighted by Gasteiger charge is -2.26. The molecule has 3 atom stereocenters. The number of halogens is 6. The number of amides is 1. The molecule has 9 rings (SSSR count). The quantitative estimate of drug-likeness (QED) is 0.165. The van der Waals surface area contributed by atoms with E-state index in [-0.39, 0.29) is 71.2 Å². The van der Waals surface area contributed by atoms with E-state index in [1.54, 1.807) is 12.1 Å². The highest BCUT2D eigenvalue weighted by atomic mass is 32.2. The summed E-state index contributed by atoms with van der Waals surface area (Å²) in [7, 11) is -3.97. The van der Waals surface area contributed by atoms with Gasteiger partial charge in [0.2, 0.25) is 15.9 Å². The van der Waals surface area contributed by atoms with Gasteiger partial charge >= 0.3 is 0 Å². The van der Waals surface area contributed by atoms with E-state index in [4.69, 9.17) is 9.72 Å². The van der Waals surface area contributed by atoms with Crippen molar-refractivity contribution in [1.82, 2.24) is 38.9 Å². The van der Waals surface area contributed by atoms with Crippen LogP contribution in [0.4, 0.5) is 26.3 Å². The molecule has 0 spiro atoms. The van der Waals surface area contributed by atoms with Gasteiger partial charge in [-0.1, -0.05) is 6.07 Å². The molecule has 2 aliphatic carbocycles. The number of benzene rings is 3. The van der Waals surface area contributed by atoms with Crippen LogP contribution in [0.2, 0.25) is 0 Å². The van der Waals surface area contributed by atoms with Crippen molar-refractivity contribution in [1.29, 1.82) is 0 Å². The van der Waals surface area contributed by atoms with Gasteiger partial charge in [-0.15, -0.1) is 0 Å². The van der Waals surface area contributed by atoms with Gasteiger partial charge < -0.3 is 10.1 Å². The summed E-state index contributed by atoms with van der Waals surface area (Å²) in [5.41, 5.74) is -1.28. The largest absolute Gasteiger partial charge is 0.379 e. The minimum atomic E-state index is -3.97. The number of rotatable bonds is 11. The molecule has 1 N–H and O–H groups in total. The third-order valence-electron chi connectivity index (χ3n) is 11.0. The normalized spacial score (nSPS) is 19.0. The zero-order chi connectivity index (χ0) is 42.1. The summed E-state index contributed by atoms with van der Waals surface area (Å²) >= 11 is 0. The summed E-state index contributed by atoms with van der Waals surface area (Å²) < 4.78 is 123. The van der Waals surface area contributed by atoms with E-state index in [0.29, 0.717) is 21.9 Å². The molecule has 1 amide bonds. The number of ether oxygens (including phenoxy) is 1. The highest BCUT2D eigenvalue weighted by molar-refractivity contribution is 7.89. The maximum atomic E-state index is 15.4. The highest BCUT2D eigenvalue weighted by Crippen LogP contribution is 2.68. The number of aromatic nitrogens is 6. The van der Waals surface area contributed by atoms with E-state index >= 15 is 8.78 Å². The summed E-state index contributed by atoms with van der Waals surface area (Å²) in [4.78, 5) is 41.4. The van der Waals surface area contributed by atoms with E-state index in [1.807, 2.05) is 0 Å². The summed E-state index contributed by atoms with van der Waals surface area (Å²) in [5.74, 6) is -8.68. The van der Waals surface area contributed by atoms with Crippen LogP contribution in [-0.4, -0.2) is 74.2 Å². The Kier molecular flexibility index (Phi) is 9.82. The first-order valence-corrected chi connectivity index (χ1v) is 20.2. The number of hydrogen-bond acceptors (Lipinski definition) is 9. The second kappa shape index (κ2) is 14.9. The lowest BCUT2D eigenvalue weighted by Crippen LogP contribution is -2.40. The molecule has 1 aliphatic heterocycles. The first-order chi connectivity index (χ1) is 28.7. The van der Waals surface area contributed by atoms with E-state index in [1.165, 1.54) is 53.4 Å². The van der Waals surface area contributed by atoms with Crippen LogP contribution < -0.4 is 10.9 Å². The Morgan fingerprint density at radius 1 is 0.950 bits per heavy atom. The lowest BCUT2D eigenvalue weighted by atomic mass is 10.0. The number of nitrogens with zero attached hydrogens (tertiary/aromatic N) is 7. The topological polar surface area (TPSA) is 154 Å². The second-order valence-electron chi connectivity index (χ2n) is 14.8.